The predicted octanol–water partition coefficient (Wildman–Crippen LogP) is 2.92. The molecule has 0 spiro atoms. The third-order valence-electron chi connectivity index (χ3n) is 2.86. The van der Waals surface area contributed by atoms with Gasteiger partial charge in [0, 0.05) is 11.9 Å². The van der Waals surface area contributed by atoms with Crippen LogP contribution in [-0.4, -0.2) is 9.55 Å². The maximum absolute atomic E-state index is 5.87. The zero-order valence-corrected chi connectivity index (χ0v) is 9.59. The minimum absolute atomic E-state index is 0.526. The lowest BCUT2D eigenvalue weighted by molar-refractivity contribution is 1.08. The summed E-state index contributed by atoms with van der Waals surface area (Å²) in [5.74, 6) is 0.526. The standard InChI is InChI=1S/C14H13N3/c1-10-9-17(14(15)16-10)13-7-6-11-4-2-3-5-12(11)8-13/h2-9H,1H3,(H2,15,16). The molecule has 17 heavy (non-hydrogen) atoms. The molecule has 0 aliphatic rings. The van der Waals surface area contributed by atoms with Crippen molar-refractivity contribution in [3.63, 3.8) is 0 Å². The van der Waals surface area contributed by atoms with E-state index in [-0.39, 0.29) is 0 Å². The Morgan fingerprint density at radius 1 is 1.06 bits per heavy atom. The molecule has 1 heterocycles. The van der Waals surface area contributed by atoms with Crippen molar-refractivity contribution < 1.29 is 0 Å². The number of imidazole rings is 1. The van der Waals surface area contributed by atoms with Gasteiger partial charge in [0.05, 0.1) is 5.69 Å². The maximum atomic E-state index is 5.87. The molecule has 3 nitrogen and oxygen atoms in total. The lowest BCUT2D eigenvalue weighted by Crippen LogP contribution is -1.99. The first kappa shape index (κ1) is 9.90. The molecule has 0 atom stereocenters. The zero-order valence-electron chi connectivity index (χ0n) is 9.59. The molecule has 3 aromatic rings. The fourth-order valence-corrected chi connectivity index (χ4v) is 2.05. The van der Waals surface area contributed by atoms with Gasteiger partial charge in [-0.25, -0.2) is 4.98 Å². The van der Waals surface area contributed by atoms with Gasteiger partial charge in [-0.1, -0.05) is 30.3 Å². The lowest BCUT2D eigenvalue weighted by atomic mass is 10.1. The number of hydrogen-bond donors (Lipinski definition) is 1. The maximum Gasteiger partial charge on any atom is 0.205 e. The van der Waals surface area contributed by atoms with Gasteiger partial charge in [0.25, 0.3) is 0 Å². The van der Waals surface area contributed by atoms with Crippen molar-refractivity contribution in [1.82, 2.24) is 9.55 Å². The van der Waals surface area contributed by atoms with E-state index in [9.17, 15) is 0 Å². The van der Waals surface area contributed by atoms with Gasteiger partial charge >= 0.3 is 0 Å². The van der Waals surface area contributed by atoms with Gasteiger partial charge in [0.1, 0.15) is 0 Å². The van der Waals surface area contributed by atoms with Crippen LogP contribution in [0.3, 0.4) is 0 Å². The highest BCUT2D eigenvalue weighted by Gasteiger charge is 2.04. The highest BCUT2D eigenvalue weighted by atomic mass is 15.1. The molecule has 0 bridgehead atoms. The van der Waals surface area contributed by atoms with Crippen molar-refractivity contribution in [2.75, 3.05) is 5.73 Å². The van der Waals surface area contributed by atoms with Crippen LogP contribution in [0.2, 0.25) is 0 Å². The fourth-order valence-electron chi connectivity index (χ4n) is 2.05. The molecule has 3 heteroatoms. The minimum Gasteiger partial charge on any atom is -0.369 e. The monoisotopic (exact) mass is 223 g/mol. The number of aryl methyl sites for hydroxylation is 1. The second kappa shape index (κ2) is 3.63. The van der Waals surface area contributed by atoms with Gasteiger partial charge in [-0.2, -0.15) is 0 Å². The molecule has 0 radical (unpaired) electrons. The number of aromatic nitrogens is 2. The Bertz CT molecular complexity index is 683. The number of benzene rings is 2. The van der Waals surface area contributed by atoms with Crippen LogP contribution in [0.5, 0.6) is 0 Å². The minimum atomic E-state index is 0.526. The second-order valence-corrected chi connectivity index (χ2v) is 4.14. The van der Waals surface area contributed by atoms with Crippen LogP contribution in [0.15, 0.2) is 48.7 Å². The van der Waals surface area contributed by atoms with Crippen LogP contribution in [0, 0.1) is 6.92 Å². The molecule has 84 valence electrons. The first-order valence-corrected chi connectivity index (χ1v) is 5.55. The largest absolute Gasteiger partial charge is 0.369 e. The highest BCUT2D eigenvalue weighted by Crippen LogP contribution is 2.20. The first-order valence-electron chi connectivity index (χ1n) is 5.55. The van der Waals surface area contributed by atoms with E-state index in [1.54, 1.807) is 0 Å². The van der Waals surface area contributed by atoms with Crippen LogP contribution in [-0.2, 0) is 0 Å². The summed E-state index contributed by atoms with van der Waals surface area (Å²) in [6.45, 7) is 1.94. The number of hydrogen-bond acceptors (Lipinski definition) is 2. The molecule has 0 amide bonds. The van der Waals surface area contributed by atoms with Crippen molar-refractivity contribution in [3.8, 4) is 5.69 Å². The Morgan fingerprint density at radius 2 is 1.82 bits per heavy atom. The van der Waals surface area contributed by atoms with E-state index in [4.69, 9.17) is 5.73 Å². The lowest BCUT2D eigenvalue weighted by Gasteiger charge is -2.06. The van der Waals surface area contributed by atoms with Gasteiger partial charge in [0.15, 0.2) is 0 Å². The van der Waals surface area contributed by atoms with E-state index in [1.807, 2.05) is 29.8 Å². The summed E-state index contributed by atoms with van der Waals surface area (Å²) in [5.41, 5.74) is 7.84. The van der Waals surface area contributed by atoms with E-state index < -0.39 is 0 Å². The zero-order chi connectivity index (χ0) is 11.8. The Balaban J connectivity index is 2.21. The molecule has 0 saturated carbocycles. The van der Waals surface area contributed by atoms with Gasteiger partial charge in [0.2, 0.25) is 5.95 Å². The van der Waals surface area contributed by atoms with Gasteiger partial charge in [-0.05, 0) is 29.8 Å². The van der Waals surface area contributed by atoms with Crippen molar-refractivity contribution in [3.05, 3.63) is 54.4 Å². The summed E-state index contributed by atoms with van der Waals surface area (Å²) >= 11 is 0. The molecule has 2 aromatic carbocycles. The van der Waals surface area contributed by atoms with Crippen molar-refractivity contribution in [2.24, 2.45) is 0 Å². The van der Waals surface area contributed by atoms with Gasteiger partial charge in [-0.15, -0.1) is 0 Å². The quantitative estimate of drug-likeness (QED) is 0.689. The van der Waals surface area contributed by atoms with Crippen LogP contribution in [0.4, 0.5) is 5.95 Å². The van der Waals surface area contributed by atoms with Crippen molar-refractivity contribution in [1.29, 1.82) is 0 Å². The molecule has 0 aliphatic heterocycles. The Kier molecular flexibility index (Phi) is 2.11. The number of rotatable bonds is 1. The summed E-state index contributed by atoms with van der Waals surface area (Å²) in [4.78, 5) is 4.21. The summed E-state index contributed by atoms with van der Waals surface area (Å²) in [6, 6.07) is 14.5. The molecule has 0 unspecified atom stereocenters. The number of anilines is 1. The summed E-state index contributed by atoms with van der Waals surface area (Å²) in [5, 5.41) is 2.43. The number of nitrogen functional groups attached to an aromatic ring is 1. The SMILES string of the molecule is Cc1cn(-c2ccc3ccccc3c2)c(N)n1. The van der Waals surface area contributed by atoms with E-state index in [2.05, 4.69) is 35.3 Å². The Labute approximate surface area is 99.5 Å². The average molecular weight is 223 g/mol. The average Bonchev–Trinajstić information content (AvgIpc) is 2.68. The van der Waals surface area contributed by atoms with Crippen LogP contribution in [0.1, 0.15) is 5.69 Å². The Morgan fingerprint density at radius 3 is 2.53 bits per heavy atom. The topological polar surface area (TPSA) is 43.8 Å². The summed E-state index contributed by atoms with van der Waals surface area (Å²) < 4.78 is 1.90. The molecule has 1 aromatic heterocycles. The van der Waals surface area contributed by atoms with E-state index in [1.165, 1.54) is 10.8 Å². The summed E-state index contributed by atoms with van der Waals surface area (Å²) in [7, 11) is 0. The smallest absolute Gasteiger partial charge is 0.205 e. The van der Waals surface area contributed by atoms with Crippen LogP contribution in [0.25, 0.3) is 16.5 Å². The van der Waals surface area contributed by atoms with Crippen molar-refractivity contribution in [2.45, 2.75) is 6.92 Å². The third kappa shape index (κ3) is 1.65. The molecule has 0 fully saturated rings. The molecular weight excluding hydrogens is 210 g/mol. The second-order valence-electron chi connectivity index (χ2n) is 4.14. The van der Waals surface area contributed by atoms with Gasteiger partial charge in [-0.3, -0.25) is 4.57 Å². The highest BCUT2D eigenvalue weighted by molar-refractivity contribution is 5.84. The van der Waals surface area contributed by atoms with E-state index in [0.29, 0.717) is 5.95 Å². The van der Waals surface area contributed by atoms with E-state index in [0.717, 1.165) is 11.4 Å². The summed E-state index contributed by atoms with van der Waals surface area (Å²) in [6.07, 6.45) is 1.94. The van der Waals surface area contributed by atoms with Crippen molar-refractivity contribution >= 4 is 16.7 Å². The first-order chi connectivity index (χ1) is 8.24. The molecule has 0 saturated heterocycles. The molecular formula is C14H13N3. The Hall–Kier alpha value is -2.29. The number of fused-ring (bicyclic) bond motifs is 1. The number of nitrogens with two attached hydrogens (primary N) is 1. The van der Waals surface area contributed by atoms with Crippen LogP contribution >= 0.6 is 0 Å². The molecule has 0 aliphatic carbocycles. The third-order valence-corrected chi connectivity index (χ3v) is 2.86. The van der Waals surface area contributed by atoms with Gasteiger partial charge < -0.3 is 5.73 Å². The predicted molar refractivity (Wildman–Crippen MR) is 70.2 cm³/mol. The number of nitrogens with zero attached hydrogens (tertiary/aromatic N) is 2. The van der Waals surface area contributed by atoms with E-state index >= 15 is 0 Å². The molecule has 3 rings (SSSR count). The normalized spacial score (nSPS) is 10.9. The fraction of sp³-hybridized carbons (Fsp3) is 0.0714. The molecule has 2 N–H and O–H groups in total. The van der Waals surface area contributed by atoms with Crippen LogP contribution < -0.4 is 5.73 Å².